The van der Waals surface area contributed by atoms with Gasteiger partial charge in [0, 0.05) is 30.4 Å². The van der Waals surface area contributed by atoms with Crippen molar-refractivity contribution in [1.29, 1.82) is 0 Å². The topological polar surface area (TPSA) is 117 Å². The number of aromatic nitrogens is 4. The minimum atomic E-state index is -4.42. The van der Waals surface area contributed by atoms with Crippen LogP contribution in [-0.2, 0) is 23.9 Å². The van der Waals surface area contributed by atoms with E-state index in [2.05, 4.69) is 20.9 Å². The van der Waals surface area contributed by atoms with E-state index < -0.39 is 11.7 Å². The first kappa shape index (κ1) is 28.3. The number of hydrogen-bond acceptors (Lipinski definition) is 7. The van der Waals surface area contributed by atoms with Crippen LogP contribution in [0.25, 0.3) is 11.2 Å². The molecule has 4 N–H and O–H groups in total. The predicted molar refractivity (Wildman–Crippen MR) is 151 cm³/mol. The van der Waals surface area contributed by atoms with Gasteiger partial charge >= 0.3 is 6.18 Å². The number of imidazole rings is 1. The van der Waals surface area contributed by atoms with Crippen LogP contribution in [0, 0.1) is 0 Å². The Morgan fingerprint density at radius 1 is 1.05 bits per heavy atom. The van der Waals surface area contributed by atoms with Crippen molar-refractivity contribution in [2.45, 2.75) is 70.3 Å². The van der Waals surface area contributed by atoms with Gasteiger partial charge in [-0.25, -0.2) is 4.98 Å². The highest BCUT2D eigenvalue weighted by atomic mass is 19.4. The molecule has 4 aromatic rings. The zero-order chi connectivity index (χ0) is 29.0. The normalized spacial score (nSPS) is 17.4. The quantitative estimate of drug-likeness (QED) is 0.199. The van der Waals surface area contributed by atoms with E-state index in [9.17, 15) is 23.1 Å². The largest absolute Gasteiger partial charge is 0.416 e. The van der Waals surface area contributed by atoms with Gasteiger partial charge < -0.3 is 25.6 Å². The summed E-state index contributed by atoms with van der Waals surface area (Å²) in [6, 6.07) is 12.3. The summed E-state index contributed by atoms with van der Waals surface area (Å²) in [7, 11) is 0. The molecular formula is C29H32F3N7O2. The smallest absolute Gasteiger partial charge is 0.393 e. The van der Waals surface area contributed by atoms with Crippen LogP contribution in [0.1, 0.15) is 50.2 Å². The molecule has 12 heteroatoms. The fourth-order valence-electron chi connectivity index (χ4n) is 4.93. The van der Waals surface area contributed by atoms with Crippen molar-refractivity contribution in [2.75, 3.05) is 16.0 Å². The molecule has 2 aromatic carbocycles. The van der Waals surface area contributed by atoms with E-state index in [1.165, 1.54) is 6.07 Å². The van der Waals surface area contributed by atoms with Crippen molar-refractivity contribution in [2.24, 2.45) is 0 Å². The summed E-state index contributed by atoms with van der Waals surface area (Å²) >= 11 is 0. The fraction of sp³-hybridized carbons (Fsp3) is 0.379. The lowest BCUT2D eigenvalue weighted by atomic mass is 9.93. The van der Waals surface area contributed by atoms with Crippen molar-refractivity contribution < 1.29 is 23.1 Å². The van der Waals surface area contributed by atoms with E-state index in [4.69, 9.17) is 9.97 Å². The third-order valence-electron chi connectivity index (χ3n) is 7.14. The van der Waals surface area contributed by atoms with Gasteiger partial charge in [0.25, 0.3) is 0 Å². The number of aliphatic hydroxyl groups is 1. The standard InChI is InChI=1S/C29H32F3N7O2/c1-2-39-17-33-25-26(37-28(38-27(25)39)36-20-10-12-23(40)13-11-20)35-22-8-4-7-21(16-22)34-24(41)14-9-18-5-3-6-19(15-18)29(30,31)32/h3-8,15-17,20,23,40H,2,9-14H2,1H3,(H,34,41)(H2,35,36,37,38). The van der Waals surface area contributed by atoms with Gasteiger partial charge in [0.1, 0.15) is 0 Å². The molecule has 216 valence electrons. The van der Waals surface area contributed by atoms with E-state index in [1.807, 2.05) is 17.6 Å². The molecule has 0 aliphatic heterocycles. The van der Waals surface area contributed by atoms with Gasteiger partial charge in [0.05, 0.1) is 18.0 Å². The van der Waals surface area contributed by atoms with Crippen LogP contribution >= 0.6 is 0 Å². The fourth-order valence-corrected chi connectivity index (χ4v) is 4.93. The molecule has 1 fully saturated rings. The molecule has 0 spiro atoms. The summed E-state index contributed by atoms with van der Waals surface area (Å²) < 4.78 is 40.9. The summed E-state index contributed by atoms with van der Waals surface area (Å²) in [5.41, 5.74) is 2.20. The number of amides is 1. The molecule has 2 aromatic heterocycles. The van der Waals surface area contributed by atoms with Crippen molar-refractivity contribution in [3.8, 4) is 0 Å². The molecule has 2 heterocycles. The Morgan fingerprint density at radius 2 is 1.80 bits per heavy atom. The van der Waals surface area contributed by atoms with Crippen LogP contribution in [0.4, 0.5) is 36.3 Å². The molecule has 9 nitrogen and oxygen atoms in total. The van der Waals surface area contributed by atoms with Crippen molar-refractivity contribution in [1.82, 2.24) is 19.5 Å². The summed E-state index contributed by atoms with van der Waals surface area (Å²) in [6.45, 7) is 2.69. The van der Waals surface area contributed by atoms with Gasteiger partial charge in [0.15, 0.2) is 17.0 Å². The van der Waals surface area contributed by atoms with Gasteiger partial charge in [-0.05, 0) is 68.9 Å². The Kier molecular flexibility index (Phi) is 8.39. The second kappa shape index (κ2) is 12.1. The SMILES string of the molecule is CCn1cnc2c(Nc3cccc(NC(=O)CCc4cccc(C(F)(F)F)c4)c3)nc(NC3CCC(O)CC3)nc21. The van der Waals surface area contributed by atoms with E-state index in [-0.39, 0.29) is 30.9 Å². The van der Waals surface area contributed by atoms with E-state index in [0.29, 0.717) is 46.4 Å². The van der Waals surface area contributed by atoms with Crippen LogP contribution in [0.3, 0.4) is 0 Å². The van der Waals surface area contributed by atoms with Crippen LogP contribution in [0.5, 0.6) is 0 Å². The lowest BCUT2D eigenvalue weighted by molar-refractivity contribution is -0.137. The molecule has 1 aliphatic rings. The number of carbonyl (C=O) groups excluding carboxylic acids is 1. The highest BCUT2D eigenvalue weighted by molar-refractivity contribution is 5.92. The average Bonchev–Trinajstić information content (AvgIpc) is 3.36. The van der Waals surface area contributed by atoms with Crippen molar-refractivity contribution >= 4 is 40.2 Å². The first-order chi connectivity index (χ1) is 19.7. The number of rotatable bonds is 9. The number of hydrogen-bond donors (Lipinski definition) is 4. The third kappa shape index (κ3) is 7.12. The molecule has 41 heavy (non-hydrogen) atoms. The lowest BCUT2D eigenvalue weighted by Gasteiger charge is -2.26. The maximum Gasteiger partial charge on any atom is 0.416 e. The molecule has 0 saturated heterocycles. The Hall–Kier alpha value is -4.19. The first-order valence-corrected chi connectivity index (χ1v) is 13.7. The van der Waals surface area contributed by atoms with Crippen LogP contribution in [-0.4, -0.2) is 42.7 Å². The molecule has 1 aliphatic carbocycles. The molecule has 1 amide bonds. The third-order valence-corrected chi connectivity index (χ3v) is 7.14. The number of aryl methyl sites for hydroxylation is 2. The van der Waals surface area contributed by atoms with Gasteiger partial charge in [-0.3, -0.25) is 4.79 Å². The predicted octanol–water partition coefficient (Wildman–Crippen LogP) is 5.90. The molecule has 0 atom stereocenters. The zero-order valence-electron chi connectivity index (χ0n) is 22.6. The van der Waals surface area contributed by atoms with Crippen molar-refractivity contribution in [3.05, 3.63) is 66.0 Å². The number of anilines is 4. The van der Waals surface area contributed by atoms with Crippen LogP contribution < -0.4 is 16.0 Å². The van der Waals surface area contributed by atoms with Gasteiger partial charge in [-0.2, -0.15) is 23.1 Å². The maximum atomic E-state index is 13.0. The number of nitrogens with zero attached hydrogens (tertiary/aromatic N) is 4. The molecule has 0 unspecified atom stereocenters. The summed E-state index contributed by atoms with van der Waals surface area (Å²) in [5.74, 6) is 0.666. The number of benzene rings is 2. The highest BCUT2D eigenvalue weighted by Crippen LogP contribution is 2.30. The minimum Gasteiger partial charge on any atom is -0.393 e. The van der Waals surface area contributed by atoms with E-state index >= 15 is 0 Å². The van der Waals surface area contributed by atoms with E-state index in [0.717, 1.165) is 37.8 Å². The number of aliphatic hydroxyl groups excluding tert-OH is 1. The number of nitrogens with one attached hydrogen (secondary N) is 3. The van der Waals surface area contributed by atoms with Gasteiger partial charge in [0.2, 0.25) is 11.9 Å². The summed E-state index contributed by atoms with van der Waals surface area (Å²) in [4.78, 5) is 26.5. The molecule has 5 rings (SSSR count). The molecule has 1 saturated carbocycles. The number of alkyl halides is 3. The molecular weight excluding hydrogens is 535 g/mol. The van der Waals surface area contributed by atoms with Crippen molar-refractivity contribution in [3.63, 3.8) is 0 Å². The number of halogens is 3. The Bertz CT molecular complexity index is 1510. The first-order valence-electron chi connectivity index (χ1n) is 13.7. The molecule has 0 radical (unpaired) electrons. The second-order valence-electron chi connectivity index (χ2n) is 10.2. The van der Waals surface area contributed by atoms with E-state index in [1.54, 1.807) is 30.6 Å². The number of carbonyl (C=O) groups is 1. The second-order valence-corrected chi connectivity index (χ2v) is 10.2. The monoisotopic (exact) mass is 567 g/mol. The lowest BCUT2D eigenvalue weighted by Crippen LogP contribution is -2.29. The van der Waals surface area contributed by atoms with Gasteiger partial charge in [-0.1, -0.05) is 24.3 Å². The van der Waals surface area contributed by atoms with Gasteiger partial charge in [-0.15, -0.1) is 0 Å². The summed E-state index contributed by atoms with van der Waals surface area (Å²) in [6.07, 6.45) is 0.367. The minimum absolute atomic E-state index is 0.0349. The zero-order valence-corrected chi connectivity index (χ0v) is 22.6. The maximum absolute atomic E-state index is 13.0. The summed E-state index contributed by atoms with van der Waals surface area (Å²) in [5, 5.41) is 19.4. The van der Waals surface area contributed by atoms with Crippen LogP contribution in [0.15, 0.2) is 54.9 Å². The molecule has 0 bridgehead atoms. The Morgan fingerprint density at radius 3 is 2.56 bits per heavy atom. The average molecular weight is 568 g/mol. The Labute approximate surface area is 235 Å². The Balaban J connectivity index is 1.28. The highest BCUT2D eigenvalue weighted by Gasteiger charge is 2.30. The van der Waals surface area contributed by atoms with Crippen LogP contribution in [0.2, 0.25) is 0 Å². The number of fused-ring (bicyclic) bond motifs is 1.